The van der Waals surface area contributed by atoms with Gasteiger partial charge in [-0.3, -0.25) is 0 Å². The van der Waals surface area contributed by atoms with E-state index in [0.29, 0.717) is 0 Å². The van der Waals surface area contributed by atoms with Crippen LogP contribution in [0.4, 0.5) is 34.1 Å². The van der Waals surface area contributed by atoms with Crippen LogP contribution in [0.15, 0.2) is 324 Å². The summed E-state index contributed by atoms with van der Waals surface area (Å²) in [5, 5.41) is 9.05. The first kappa shape index (κ1) is 48.5. The molecule has 0 unspecified atom stereocenters. The van der Waals surface area contributed by atoms with Crippen molar-refractivity contribution in [3.8, 4) is 33.4 Å². The molecule has 0 fully saturated rings. The van der Waals surface area contributed by atoms with Gasteiger partial charge in [-0.25, -0.2) is 0 Å². The highest BCUT2D eigenvalue weighted by molar-refractivity contribution is 6.19. The van der Waals surface area contributed by atoms with Crippen LogP contribution >= 0.6 is 0 Å². The molecule has 14 aromatic carbocycles. The molecule has 0 saturated carbocycles. The predicted molar refractivity (Wildman–Crippen MR) is 354 cm³/mol. The Kier molecular flexibility index (Phi) is 11.1. The highest BCUT2D eigenvalue weighted by atomic mass is 16.3. The fraction of sp³-hybridized carbons (Fsp3) is 0.0123. The molecular formula is C81H52N2O2. The number of rotatable bonds is 10. The Labute approximate surface area is 492 Å². The van der Waals surface area contributed by atoms with Gasteiger partial charge in [0.25, 0.3) is 0 Å². The van der Waals surface area contributed by atoms with E-state index in [2.05, 4.69) is 313 Å². The molecule has 0 radical (unpaired) electrons. The van der Waals surface area contributed by atoms with Crippen molar-refractivity contribution in [1.29, 1.82) is 0 Å². The molecule has 1 aliphatic rings. The van der Waals surface area contributed by atoms with Crippen molar-refractivity contribution in [2.75, 3.05) is 9.80 Å². The van der Waals surface area contributed by atoms with Gasteiger partial charge in [-0.1, -0.05) is 231 Å². The number of benzene rings is 14. The molecule has 4 heteroatoms. The standard InChI is InChI=1S/C81H52N2O2/c1-5-25-55(26-6-1)81(56-27-7-2-8-28-56)69-51-73(82(57-29-9-3-10-30-57)71-41-21-17-33-59(71)53-45-47-77-67(49-53)63-37-19-23-43-75(63)84-77)61-35-13-15-39-65(61)79(69)80-66-40-16-14-36-62(66)74(52-70(80)81)83(58-31-11-4-12-32-58)72-42-22-18-34-60(72)54-46-48-78-68(50-54)64-38-20-24-44-76(64)85-78/h1-52H. The van der Waals surface area contributed by atoms with Crippen molar-refractivity contribution in [3.05, 3.63) is 338 Å². The zero-order chi connectivity index (χ0) is 56.0. The lowest BCUT2D eigenvalue weighted by atomic mass is 9.67. The van der Waals surface area contributed by atoms with E-state index in [1.807, 2.05) is 12.1 Å². The second-order valence-corrected chi connectivity index (χ2v) is 22.2. The molecule has 4 nitrogen and oxygen atoms in total. The summed E-state index contributed by atoms with van der Waals surface area (Å²) in [6, 6.07) is 115. The molecule has 17 rings (SSSR count). The third-order valence-corrected chi connectivity index (χ3v) is 17.7. The van der Waals surface area contributed by atoms with Crippen LogP contribution in [0.3, 0.4) is 0 Å². The monoisotopic (exact) mass is 1080 g/mol. The maximum absolute atomic E-state index is 6.39. The van der Waals surface area contributed by atoms with Crippen LogP contribution in [0, 0.1) is 0 Å². The lowest BCUT2D eigenvalue weighted by molar-refractivity contribution is 0.668. The summed E-state index contributed by atoms with van der Waals surface area (Å²) in [7, 11) is 0. The van der Waals surface area contributed by atoms with E-state index in [-0.39, 0.29) is 0 Å². The topological polar surface area (TPSA) is 32.8 Å². The highest BCUT2D eigenvalue weighted by Crippen LogP contribution is 2.63. The second-order valence-electron chi connectivity index (χ2n) is 22.2. The predicted octanol–water partition coefficient (Wildman–Crippen LogP) is 22.4. The molecular weight excluding hydrogens is 1030 g/mol. The largest absolute Gasteiger partial charge is 0.456 e. The first-order chi connectivity index (χ1) is 42.2. The average Bonchev–Trinajstić information content (AvgIpc) is 1.57. The van der Waals surface area contributed by atoms with Crippen molar-refractivity contribution in [3.63, 3.8) is 0 Å². The van der Waals surface area contributed by atoms with E-state index in [4.69, 9.17) is 8.83 Å². The Morgan fingerprint density at radius 1 is 0.235 bits per heavy atom. The van der Waals surface area contributed by atoms with Crippen LogP contribution in [0.25, 0.3) is 98.8 Å². The maximum atomic E-state index is 6.39. The minimum absolute atomic E-state index is 0.824. The smallest absolute Gasteiger partial charge is 0.135 e. The summed E-state index contributed by atoms with van der Waals surface area (Å²) in [5.41, 5.74) is 20.8. The van der Waals surface area contributed by atoms with Crippen LogP contribution < -0.4 is 9.80 Å². The van der Waals surface area contributed by atoms with Crippen molar-refractivity contribution < 1.29 is 8.83 Å². The summed E-state index contributed by atoms with van der Waals surface area (Å²) in [6.07, 6.45) is 0. The number of furan rings is 2. The molecule has 398 valence electrons. The van der Waals surface area contributed by atoms with Crippen LogP contribution in [0.2, 0.25) is 0 Å². The van der Waals surface area contributed by atoms with Crippen molar-refractivity contribution in [2.45, 2.75) is 5.41 Å². The molecule has 85 heavy (non-hydrogen) atoms. The molecule has 16 aromatic rings. The van der Waals surface area contributed by atoms with E-state index in [1.165, 1.54) is 44.2 Å². The molecule has 2 heterocycles. The summed E-state index contributed by atoms with van der Waals surface area (Å²) >= 11 is 0. The van der Waals surface area contributed by atoms with Crippen molar-refractivity contribution in [2.24, 2.45) is 0 Å². The molecule has 0 atom stereocenters. The quantitative estimate of drug-likeness (QED) is 0.137. The number of para-hydroxylation sites is 6. The van der Waals surface area contributed by atoms with Crippen molar-refractivity contribution in [1.82, 2.24) is 0 Å². The lowest BCUT2D eigenvalue weighted by Gasteiger charge is -2.36. The summed E-state index contributed by atoms with van der Waals surface area (Å²) in [4.78, 5) is 5.00. The summed E-state index contributed by atoms with van der Waals surface area (Å²) < 4.78 is 12.8. The van der Waals surface area contributed by atoms with Crippen LogP contribution in [0.5, 0.6) is 0 Å². The van der Waals surface area contributed by atoms with E-state index in [1.54, 1.807) is 0 Å². The van der Waals surface area contributed by atoms with Gasteiger partial charge in [0.15, 0.2) is 0 Å². The molecule has 0 spiro atoms. The fourth-order valence-electron chi connectivity index (χ4n) is 14.1. The Morgan fingerprint density at radius 3 is 0.988 bits per heavy atom. The Balaban J connectivity index is 0.965. The number of hydrogen-bond acceptors (Lipinski definition) is 4. The average molecular weight is 1090 g/mol. The molecule has 0 bridgehead atoms. The van der Waals surface area contributed by atoms with E-state index in [9.17, 15) is 0 Å². The van der Waals surface area contributed by atoms with Gasteiger partial charge in [0.05, 0.1) is 28.2 Å². The van der Waals surface area contributed by atoms with E-state index < -0.39 is 5.41 Å². The van der Waals surface area contributed by atoms with Gasteiger partial charge in [0, 0.05) is 54.8 Å². The summed E-state index contributed by atoms with van der Waals surface area (Å²) in [6.45, 7) is 0. The minimum atomic E-state index is -0.824. The minimum Gasteiger partial charge on any atom is -0.456 e. The second kappa shape index (κ2) is 19.5. The number of hydrogen-bond donors (Lipinski definition) is 0. The Hall–Kier alpha value is -11.2. The Morgan fingerprint density at radius 2 is 0.565 bits per heavy atom. The van der Waals surface area contributed by atoms with Gasteiger partial charge in [0.1, 0.15) is 22.3 Å². The first-order valence-corrected chi connectivity index (χ1v) is 29.1. The van der Waals surface area contributed by atoms with Crippen LogP contribution in [0.1, 0.15) is 22.3 Å². The number of anilines is 6. The van der Waals surface area contributed by atoms with Gasteiger partial charge in [-0.15, -0.1) is 0 Å². The molecule has 0 aliphatic heterocycles. The van der Waals surface area contributed by atoms with Gasteiger partial charge in [-0.05, 0) is 140 Å². The fourth-order valence-corrected chi connectivity index (χ4v) is 14.1. The third-order valence-electron chi connectivity index (χ3n) is 17.7. The highest BCUT2D eigenvalue weighted by Gasteiger charge is 2.49. The molecule has 2 aromatic heterocycles. The maximum Gasteiger partial charge on any atom is 0.135 e. The van der Waals surface area contributed by atoms with Gasteiger partial charge in [-0.2, -0.15) is 0 Å². The van der Waals surface area contributed by atoms with Gasteiger partial charge >= 0.3 is 0 Å². The molecule has 0 amide bonds. The molecule has 0 N–H and O–H groups in total. The molecule has 1 aliphatic carbocycles. The number of nitrogens with zero attached hydrogens (tertiary/aromatic N) is 2. The van der Waals surface area contributed by atoms with E-state index >= 15 is 0 Å². The normalized spacial score (nSPS) is 12.6. The number of fused-ring (bicyclic) bond motifs is 13. The first-order valence-electron chi connectivity index (χ1n) is 29.1. The molecule has 0 saturated heterocycles. The van der Waals surface area contributed by atoms with E-state index in [0.717, 1.165) is 111 Å². The third kappa shape index (κ3) is 7.49. The summed E-state index contributed by atoms with van der Waals surface area (Å²) in [5.74, 6) is 0. The van der Waals surface area contributed by atoms with Crippen molar-refractivity contribution >= 4 is 99.5 Å². The zero-order valence-corrected chi connectivity index (χ0v) is 46.2. The Bertz CT molecular complexity index is 4930. The SMILES string of the molecule is c1ccc(N(c2ccccc2-c2ccc3oc4ccccc4c3c2)c2cc3c(c4ccccc24)-c2c(cc(N(c4ccccc4)c4ccccc4-c4ccc5oc6ccccc6c5c4)c4ccccc24)C3(c2ccccc2)c2ccccc2)cc1. The van der Waals surface area contributed by atoms with Gasteiger partial charge in [0.2, 0.25) is 0 Å². The lowest BCUT2D eigenvalue weighted by Crippen LogP contribution is -2.29. The van der Waals surface area contributed by atoms with Crippen LogP contribution in [-0.2, 0) is 5.41 Å². The zero-order valence-electron chi connectivity index (χ0n) is 46.2. The van der Waals surface area contributed by atoms with Crippen LogP contribution in [-0.4, -0.2) is 0 Å². The van der Waals surface area contributed by atoms with Gasteiger partial charge < -0.3 is 18.6 Å².